The van der Waals surface area contributed by atoms with Crippen molar-refractivity contribution in [3.05, 3.63) is 72.6 Å². The number of hydrogen-bond donors (Lipinski definition) is 0. The quantitative estimate of drug-likeness (QED) is 0.409. The molecule has 3 nitrogen and oxygen atoms in total. The molecule has 0 unspecified atom stereocenters. The summed E-state index contributed by atoms with van der Waals surface area (Å²) in [5, 5.41) is 3.41. The highest BCUT2D eigenvalue weighted by Crippen LogP contribution is 2.37. The van der Waals surface area contributed by atoms with Gasteiger partial charge in [0.05, 0.1) is 11.1 Å². The summed E-state index contributed by atoms with van der Waals surface area (Å²) in [7, 11) is 2.06. The van der Waals surface area contributed by atoms with E-state index in [0.717, 1.165) is 44.1 Å². The Labute approximate surface area is 145 Å². The van der Waals surface area contributed by atoms with Gasteiger partial charge in [-0.1, -0.05) is 18.2 Å². The molecule has 0 amide bonds. The van der Waals surface area contributed by atoms with Crippen molar-refractivity contribution in [1.29, 1.82) is 0 Å². The van der Waals surface area contributed by atoms with Crippen molar-refractivity contribution in [2.24, 2.45) is 7.05 Å². The minimum absolute atomic E-state index is 0.881. The lowest BCUT2D eigenvalue weighted by Gasteiger charge is -2.04. The first-order valence-corrected chi connectivity index (χ1v) is 8.38. The third-order valence-corrected chi connectivity index (χ3v) is 4.88. The van der Waals surface area contributed by atoms with Gasteiger partial charge < -0.3 is 4.42 Å². The Bertz CT molecular complexity index is 1270. The van der Waals surface area contributed by atoms with E-state index in [0.29, 0.717) is 0 Å². The van der Waals surface area contributed by atoms with Crippen molar-refractivity contribution in [1.82, 2.24) is 4.98 Å². The third-order valence-electron chi connectivity index (χ3n) is 4.88. The molecule has 0 N–H and O–H groups in total. The summed E-state index contributed by atoms with van der Waals surface area (Å²) in [5.74, 6) is 0. The zero-order valence-corrected chi connectivity index (χ0v) is 14.2. The van der Waals surface area contributed by atoms with E-state index >= 15 is 0 Å². The second-order valence-corrected chi connectivity index (χ2v) is 6.48. The summed E-state index contributed by atoms with van der Waals surface area (Å²) in [6.45, 7) is 2.13. The number of rotatable bonds is 1. The maximum Gasteiger partial charge on any atom is 0.216 e. The Morgan fingerprint density at radius 1 is 0.960 bits per heavy atom. The van der Waals surface area contributed by atoms with Crippen LogP contribution >= 0.6 is 0 Å². The molecule has 0 fully saturated rings. The Balaban J connectivity index is 1.94. The van der Waals surface area contributed by atoms with Gasteiger partial charge in [-0.25, -0.2) is 4.57 Å². The molecule has 5 rings (SSSR count). The second kappa shape index (κ2) is 5.15. The first kappa shape index (κ1) is 14.2. The smallest absolute Gasteiger partial charge is 0.216 e. The molecule has 2 aromatic carbocycles. The lowest BCUT2D eigenvalue weighted by molar-refractivity contribution is -0.660. The molecule has 3 heterocycles. The summed E-state index contributed by atoms with van der Waals surface area (Å²) in [5.41, 5.74) is 6.27. The first-order valence-electron chi connectivity index (χ1n) is 8.38. The molecule has 0 bridgehead atoms. The van der Waals surface area contributed by atoms with Crippen LogP contribution in [-0.4, -0.2) is 4.98 Å². The molecule has 5 aromatic rings. The van der Waals surface area contributed by atoms with Crippen molar-refractivity contribution in [2.75, 3.05) is 0 Å². The van der Waals surface area contributed by atoms with Crippen molar-refractivity contribution in [3.63, 3.8) is 0 Å². The zero-order valence-electron chi connectivity index (χ0n) is 14.2. The standard InChI is InChI=1S/C22H17N2O/c1-14-8-9-16-17-12-15-6-5-10-23-18(15)13-20(17)25-22(16)21(14)19-7-3-4-11-24(19)2/h3-13H,1-2H3/q+1. The topological polar surface area (TPSA) is 29.9 Å². The van der Waals surface area contributed by atoms with E-state index in [1.165, 1.54) is 5.56 Å². The van der Waals surface area contributed by atoms with Gasteiger partial charge in [-0.3, -0.25) is 4.98 Å². The normalized spacial score (nSPS) is 11.6. The van der Waals surface area contributed by atoms with Crippen LogP contribution in [0.4, 0.5) is 0 Å². The average molecular weight is 325 g/mol. The number of aryl methyl sites for hydroxylation is 2. The minimum atomic E-state index is 0.881. The number of hydrogen-bond acceptors (Lipinski definition) is 2. The maximum absolute atomic E-state index is 6.33. The van der Waals surface area contributed by atoms with Crippen molar-refractivity contribution >= 4 is 32.8 Å². The molecule has 25 heavy (non-hydrogen) atoms. The second-order valence-electron chi connectivity index (χ2n) is 6.48. The predicted octanol–water partition coefficient (Wildman–Crippen LogP) is 4.93. The number of benzene rings is 2. The van der Waals surface area contributed by atoms with Gasteiger partial charge in [0.2, 0.25) is 5.69 Å². The maximum atomic E-state index is 6.33. The molecular formula is C22H17N2O+. The number of pyridine rings is 2. The fourth-order valence-electron chi connectivity index (χ4n) is 3.61. The molecule has 0 radical (unpaired) electrons. The molecule has 0 saturated heterocycles. The van der Waals surface area contributed by atoms with Gasteiger partial charge in [-0.15, -0.1) is 0 Å². The summed E-state index contributed by atoms with van der Waals surface area (Å²) in [6, 6.07) is 18.8. The van der Waals surface area contributed by atoms with Gasteiger partial charge >= 0.3 is 0 Å². The van der Waals surface area contributed by atoms with Gasteiger partial charge in [0.1, 0.15) is 18.2 Å². The van der Waals surface area contributed by atoms with Crippen LogP contribution < -0.4 is 4.57 Å². The van der Waals surface area contributed by atoms with Crippen molar-refractivity contribution in [3.8, 4) is 11.3 Å². The monoisotopic (exact) mass is 325 g/mol. The first-order chi connectivity index (χ1) is 12.2. The Hall–Kier alpha value is -3.20. The molecule has 0 spiro atoms. The van der Waals surface area contributed by atoms with E-state index < -0.39 is 0 Å². The molecule has 0 atom stereocenters. The summed E-state index contributed by atoms with van der Waals surface area (Å²) in [4.78, 5) is 4.45. The molecule has 120 valence electrons. The average Bonchev–Trinajstić information content (AvgIpc) is 2.98. The van der Waals surface area contributed by atoms with E-state index in [1.807, 2.05) is 24.4 Å². The van der Waals surface area contributed by atoms with Gasteiger partial charge in [0.15, 0.2) is 6.20 Å². The molecule has 0 aliphatic carbocycles. The Morgan fingerprint density at radius 3 is 2.76 bits per heavy atom. The predicted molar refractivity (Wildman–Crippen MR) is 100 cm³/mol. The van der Waals surface area contributed by atoms with Crippen LogP contribution in [0.15, 0.2) is 71.4 Å². The van der Waals surface area contributed by atoms with E-state index in [9.17, 15) is 0 Å². The number of furan rings is 1. The van der Waals surface area contributed by atoms with Crippen molar-refractivity contribution in [2.45, 2.75) is 6.92 Å². The number of fused-ring (bicyclic) bond motifs is 4. The fraction of sp³-hybridized carbons (Fsp3) is 0.0909. The highest BCUT2D eigenvalue weighted by molar-refractivity contribution is 6.12. The van der Waals surface area contributed by atoms with Crippen LogP contribution in [0.2, 0.25) is 0 Å². The highest BCUT2D eigenvalue weighted by atomic mass is 16.3. The minimum Gasteiger partial charge on any atom is -0.455 e. The van der Waals surface area contributed by atoms with E-state index in [-0.39, 0.29) is 0 Å². The third kappa shape index (κ3) is 2.06. The Kier molecular flexibility index (Phi) is 2.92. The largest absolute Gasteiger partial charge is 0.455 e. The Morgan fingerprint density at radius 2 is 1.88 bits per heavy atom. The molecule has 0 aliphatic heterocycles. The molecule has 0 aliphatic rings. The van der Waals surface area contributed by atoms with Crippen molar-refractivity contribution < 1.29 is 8.98 Å². The van der Waals surface area contributed by atoms with Crippen LogP contribution in [0.25, 0.3) is 44.1 Å². The van der Waals surface area contributed by atoms with E-state index in [4.69, 9.17) is 4.42 Å². The SMILES string of the molecule is Cc1ccc2c(oc3cc4ncccc4cc32)c1-c1cccc[n+]1C. The van der Waals surface area contributed by atoms with E-state index in [2.05, 4.69) is 66.1 Å². The number of nitrogens with zero attached hydrogens (tertiary/aromatic N) is 2. The fourth-order valence-corrected chi connectivity index (χ4v) is 3.61. The highest BCUT2D eigenvalue weighted by Gasteiger charge is 2.20. The molecular weight excluding hydrogens is 308 g/mol. The van der Waals surface area contributed by atoms with Crippen LogP contribution in [0.3, 0.4) is 0 Å². The van der Waals surface area contributed by atoms with Crippen LogP contribution in [0.1, 0.15) is 5.56 Å². The molecule has 0 saturated carbocycles. The van der Waals surface area contributed by atoms with Gasteiger partial charge in [0.25, 0.3) is 0 Å². The van der Waals surface area contributed by atoms with E-state index in [1.54, 1.807) is 0 Å². The lowest BCUT2D eigenvalue weighted by atomic mass is 10.0. The van der Waals surface area contributed by atoms with Gasteiger partial charge in [-0.05, 0) is 30.7 Å². The van der Waals surface area contributed by atoms with Crippen LogP contribution in [-0.2, 0) is 7.05 Å². The van der Waals surface area contributed by atoms with Gasteiger partial charge in [-0.2, -0.15) is 0 Å². The van der Waals surface area contributed by atoms with Gasteiger partial charge in [0, 0.05) is 40.6 Å². The molecule has 3 heteroatoms. The van der Waals surface area contributed by atoms with Crippen LogP contribution in [0.5, 0.6) is 0 Å². The molecule has 3 aromatic heterocycles. The summed E-state index contributed by atoms with van der Waals surface area (Å²) >= 11 is 0. The lowest BCUT2D eigenvalue weighted by Crippen LogP contribution is -2.30. The van der Waals surface area contributed by atoms with Crippen LogP contribution in [0, 0.1) is 6.92 Å². The number of aromatic nitrogens is 2. The zero-order chi connectivity index (χ0) is 17.0. The summed E-state index contributed by atoms with van der Waals surface area (Å²) < 4.78 is 8.46. The summed E-state index contributed by atoms with van der Waals surface area (Å²) in [6.07, 6.45) is 3.88.